The van der Waals surface area contributed by atoms with Crippen molar-refractivity contribution < 1.29 is 5.11 Å². The molecule has 0 fully saturated rings. The van der Waals surface area contributed by atoms with E-state index < -0.39 is 0 Å². The van der Waals surface area contributed by atoms with Crippen LogP contribution in [0.1, 0.15) is 44.4 Å². The molecule has 0 bridgehead atoms. The molecule has 0 aliphatic rings. The van der Waals surface area contributed by atoms with Crippen molar-refractivity contribution in [2.24, 2.45) is 0 Å². The lowest BCUT2D eigenvalue weighted by Crippen LogP contribution is -2.30. The SMILES string of the molecule is CCC(O)c1ccc(N(Cc2ccccc2)C(C)C)cc1. The van der Waals surface area contributed by atoms with Crippen LogP contribution in [0.5, 0.6) is 0 Å². The van der Waals surface area contributed by atoms with Crippen LogP contribution in [0.3, 0.4) is 0 Å². The fourth-order valence-electron chi connectivity index (χ4n) is 2.48. The molecule has 0 aromatic heterocycles. The van der Waals surface area contributed by atoms with Gasteiger partial charge in [0.25, 0.3) is 0 Å². The minimum Gasteiger partial charge on any atom is -0.388 e. The highest BCUT2D eigenvalue weighted by Gasteiger charge is 2.12. The van der Waals surface area contributed by atoms with E-state index in [0.717, 1.165) is 18.5 Å². The number of hydrogen-bond acceptors (Lipinski definition) is 2. The third-order valence-corrected chi connectivity index (χ3v) is 3.82. The van der Waals surface area contributed by atoms with Gasteiger partial charge in [-0.2, -0.15) is 0 Å². The lowest BCUT2D eigenvalue weighted by molar-refractivity contribution is 0.173. The summed E-state index contributed by atoms with van der Waals surface area (Å²) in [5.74, 6) is 0. The van der Waals surface area contributed by atoms with Gasteiger partial charge in [0.05, 0.1) is 6.10 Å². The Morgan fingerprint density at radius 1 is 0.952 bits per heavy atom. The minimum atomic E-state index is -0.360. The molecule has 0 aliphatic carbocycles. The molecule has 21 heavy (non-hydrogen) atoms. The van der Waals surface area contributed by atoms with Crippen molar-refractivity contribution in [3.8, 4) is 0 Å². The van der Waals surface area contributed by atoms with E-state index in [0.29, 0.717) is 6.04 Å². The smallest absolute Gasteiger partial charge is 0.0787 e. The summed E-state index contributed by atoms with van der Waals surface area (Å²) in [6.07, 6.45) is 0.387. The zero-order valence-electron chi connectivity index (χ0n) is 13.2. The number of hydrogen-bond donors (Lipinski definition) is 1. The van der Waals surface area contributed by atoms with Gasteiger partial charge in [0.15, 0.2) is 0 Å². The summed E-state index contributed by atoms with van der Waals surface area (Å²) in [6.45, 7) is 7.30. The van der Waals surface area contributed by atoms with E-state index in [1.165, 1.54) is 11.3 Å². The van der Waals surface area contributed by atoms with Crippen molar-refractivity contribution >= 4 is 5.69 Å². The van der Waals surface area contributed by atoms with Crippen LogP contribution in [0.15, 0.2) is 54.6 Å². The maximum atomic E-state index is 9.89. The zero-order chi connectivity index (χ0) is 15.2. The van der Waals surface area contributed by atoms with Crippen molar-refractivity contribution in [3.05, 3.63) is 65.7 Å². The Morgan fingerprint density at radius 3 is 2.10 bits per heavy atom. The Hall–Kier alpha value is -1.80. The molecule has 0 heterocycles. The van der Waals surface area contributed by atoms with E-state index in [9.17, 15) is 5.11 Å². The summed E-state index contributed by atoms with van der Waals surface area (Å²) in [5, 5.41) is 9.89. The summed E-state index contributed by atoms with van der Waals surface area (Å²) in [5.41, 5.74) is 3.49. The van der Waals surface area contributed by atoms with Crippen molar-refractivity contribution in [3.63, 3.8) is 0 Å². The lowest BCUT2D eigenvalue weighted by Gasteiger charge is -2.29. The van der Waals surface area contributed by atoms with Gasteiger partial charge in [-0.05, 0) is 43.5 Å². The Kier molecular flexibility index (Phi) is 5.40. The molecule has 2 aromatic carbocycles. The maximum absolute atomic E-state index is 9.89. The Bertz CT molecular complexity index is 533. The molecule has 2 nitrogen and oxygen atoms in total. The monoisotopic (exact) mass is 283 g/mol. The molecule has 0 saturated heterocycles. The number of aliphatic hydroxyl groups is 1. The van der Waals surface area contributed by atoms with Gasteiger partial charge in [0, 0.05) is 18.3 Å². The second-order valence-corrected chi connectivity index (χ2v) is 5.72. The van der Waals surface area contributed by atoms with Gasteiger partial charge >= 0.3 is 0 Å². The Balaban J connectivity index is 2.18. The van der Waals surface area contributed by atoms with Crippen LogP contribution in [0, 0.1) is 0 Å². The van der Waals surface area contributed by atoms with Gasteiger partial charge < -0.3 is 10.0 Å². The highest BCUT2D eigenvalue weighted by Crippen LogP contribution is 2.24. The third kappa shape index (κ3) is 4.08. The van der Waals surface area contributed by atoms with E-state index in [2.05, 4.69) is 55.1 Å². The van der Waals surface area contributed by atoms with E-state index in [-0.39, 0.29) is 6.10 Å². The molecule has 112 valence electrons. The van der Waals surface area contributed by atoms with Crippen LogP contribution in [-0.4, -0.2) is 11.1 Å². The number of aliphatic hydroxyl groups excluding tert-OH is 1. The minimum absolute atomic E-state index is 0.360. The average molecular weight is 283 g/mol. The van der Waals surface area contributed by atoms with Crippen molar-refractivity contribution in [2.45, 2.75) is 45.9 Å². The van der Waals surface area contributed by atoms with Gasteiger partial charge in [0.1, 0.15) is 0 Å². The molecule has 2 heteroatoms. The van der Waals surface area contributed by atoms with Crippen LogP contribution in [0.4, 0.5) is 5.69 Å². The van der Waals surface area contributed by atoms with E-state index >= 15 is 0 Å². The third-order valence-electron chi connectivity index (χ3n) is 3.82. The average Bonchev–Trinajstić information content (AvgIpc) is 2.53. The van der Waals surface area contributed by atoms with Gasteiger partial charge in [-0.25, -0.2) is 0 Å². The van der Waals surface area contributed by atoms with Crippen LogP contribution in [0.25, 0.3) is 0 Å². The van der Waals surface area contributed by atoms with Gasteiger partial charge in [-0.1, -0.05) is 49.4 Å². The van der Waals surface area contributed by atoms with Crippen molar-refractivity contribution in [1.82, 2.24) is 0 Å². The van der Waals surface area contributed by atoms with E-state index in [4.69, 9.17) is 0 Å². The molecular formula is C19H25NO. The van der Waals surface area contributed by atoms with E-state index in [1.807, 2.05) is 25.1 Å². The molecule has 2 aromatic rings. The maximum Gasteiger partial charge on any atom is 0.0787 e. The second-order valence-electron chi connectivity index (χ2n) is 5.72. The van der Waals surface area contributed by atoms with Crippen LogP contribution in [0.2, 0.25) is 0 Å². The van der Waals surface area contributed by atoms with Gasteiger partial charge in [-0.15, -0.1) is 0 Å². The predicted molar refractivity (Wildman–Crippen MR) is 89.5 cm³/mol. The molecule has 1 unspecified atom stereocenters. The first-order valence-electron chi connectivity index (χ1n) is 7.70. The first-order valence-corrected chi connectivity index (χ1v) is 7.70. The molecular weight excluding hydrogens is 258 g/mol. The number of anilines is 1. The standard InChI is InChI=1S/C19H25NO/c1-4-19(21)17-10-12-18(13-11-17)20(15(2)3)14-16-8-6-5-7-9-16/h5-13,15,19,21H,4,14H2,1-3H3. The quantitative estimate of drug-likeness (QED) is 0.841. The van der Waals surface area contributed by atoms with Crippen molar-refractivity contribution in [2.75, 3.05) is 4.90 Å². The highest BCUT2D eigenvalue weighted by atomic mass is 16.3. The molecule has 2 rings (SSSR count). The summed E-state index contributed by atoms with van der Waals surface area (Å²) in [6, 6.07) is 19.2. The Labute approximate surface area is 128 Å². The predicted octanol–water partition coefficient (Wildman–Crippen LogP) is 4.55. The zero-order valence-corrected chi connectivity index (χ0v) is 13.2. The molecule has 0 aliphatic heterocycles. The molecule has 0 amide bonds. The fraction of sp³-hybridized carbons (Fsp3) is 0.368. The number of rotatable bonds is 6. The highest BCUT2D eigenvalue weighted by molar-refractivity contribution is 5.49. The van der Waals surface area contributed by atoms with Crippen LogP contribution in [-0.2, 0) is 6.54 Å². The summed E-state index contributed by atoms with van der Waals surface area (Å²) >= 11 is 0. The summed E-state index contributed by atoms with van der Waals surface area (Å²) in [4.78, 5) is 2.37. The van der Waals surface area contributed by atoms with Crippen LogP contribution < -0.4 is 4.90 Å². The van der Waals surface area contributed by atoms with Crippen molar-refractivity contribution in [1.29, 1.82) is 0 Å². The normalized spacial score (nSPS) is 12.4. The second kappa shape index (κ2) is 7.28. The van der Waals surface area contributed by atoms with E-state index in [1.54, 1.807) is 0 Å². The molecule has 1 atom stereocenters. The molecule has 1 N–H and O–H groups in total. The number of benzene rings is 2. The first kappa shape index (κ1) is 15.6. The summed E-state index contributed by atoms with van der Waals surface area (Å²) < 4.78 is 0. The van der Waals surface area contributed by atoms with Gasteiger partial charge in [-0.3, -0.25) is 0 Å². The molecule has 0 radical (unpaired) electrons. The van der Waals surface area contributed by atoms with Gasteiger partial charge in [0.2, 0.25) is 0 Å². The Morgan fingerprint density at radius 2 is 1.57 bits per heavy atom. The fourth-order valence-corrected chi connectivity index (χ4v) is 2.48. The molecule has 0 saturated carbocycles. The lowest BCUT2D eigenvalue weighted by atomic mass is 10.1. The largest absolute Gasteiger partial charge is 0.388 e. The van der Waals surface area contributed by atoms with Crippen LogP contribution >= 0.6 is 0 Å². The molecule has 0 spiro atoms. The topological polar surface area (TPSA) is 23.5 Å². The first-order chi connectivity index (χ1) is 10.1. The summed E-state index contributed by atoms with van der Waals surface area (Å²) in [7, 11) is 0. The number of nitrogens with zero attached hydrogens (tertiary/aromatic N) is 1.